The number of carbonyl (C=O) groups excluding carboxylic acids is 1. The highest BCUT2D eigenvalue weighted by Gasteiger charge is 2.26. The maximum atomic E-state index is 12.5. The molecule has 1 unspecified atom stereocenters. The number of hydrogen-bond donors (Lipinski definition) is 2. The van der Waals surface area contributed by atoms with E-state index in [9.17, 15) is 9.59 Å². The lowest BCUT2D eigenvalue weighted by Crippen LogP contribution is -2.44. The predicted molar refractivity (Wildman–Crippen MR) is 96.8 cm³/mol. The number of rotatable bonds is 5. The Bertz CT molecular complexity index is 769. The Morgan fingerprint density at radius 3 is 2.77 bits per heavy atom. The predicted octanol–water partition coefficient (Wildman–Crippen LogP) is 2.37. The Morgan fingerprint density at radius 2 is 2.04 bits per heavy atom. The van der Waals surface area contributed by atoms with Gasteiger partial charge in [0.25, 0.3) is 0 Å². The number of aryl methyl sites for hydroxylation is 1. The fourth-order valence-electron chi connectivity index (χ4n) is 3.22. The second-order valence-corrected chi connectivity index (χ2v) is 6.76. The minimum absolute atomic E-state index is 0.0692. The molecule has 1 saturated heterocycles. The average Bonchev–Trinajstić information content (AvgIpc) is 3.09. The van der Waals surface area contributed by atoms with Crippen molar-refractivity contribution >= 4 is 12.0 Å². The number of likely N-dealkylation sites (tertiary alicyclic amines) is 1. The third-order valence-electron chi connectivity index (χ3n) is 4.65. The first-order chi connectivity index (χ1) is 12.5. The molecular weight excluding hydrogens is 332 g/mol. The van der Waals surface area contributed by atoms with Gasteiger partial charge in [0.1, 0.15) is 6.54 Å². The number of nitrogens with one attached hydrogen (secondary N) is 1. The van der Waals surface area contributed by atoms with Crippen LogP contribution in [0.15, 0.2) is 36.5 Å². The van der Waals surface area contributed by atoms with E-state index in [1.165, 1.54) is 10.2 Å². The van der Waals surface area contributed by atoms with Gasteiger partial charge in [-0.3, -0.25) is 9.48 Å². The van der Waals surface area contributed by atoms with E-state index in [1.54, 1.807) is 6.20 Å². The molecule has 1 aromatic carbocycles. The average molecular weight is 356 g/mol. The Balaban J connectivity index is 1.55. The summed E-state index contributed by atoms with van der Waals surface area (Å²) in [5.41, 5.74) is 3.12. The van der Waals surface area contributed by atoms with Crippen molar-refractivity contribution < 1.29 is 14.7 Å². The minimum atomic E-state index is -0.916. The van der Waals surface area contributed by atoms with Gasteiger partial charge in [-0.15, -0.1) is 0 Å². The molecule has 2 N–H and O–H groups in total. The smallest absolute Gasteiger partial charge is 0.325 e. The molecule has 1 aliphatic rings. The first kappa shape index (κ1) is 18.0. The molecule has 0 saturated carbocycles. The van der Waals surface area contributed by atoms with Gasteiger partial charge in [0.15, 0.2) is 0 Å². The van der Waals surface area contributed by atoms with Crippen LogP contribution in [0.1, 0.15) is 35.6 Å². The first-order valence-electron chi connectivity index (χ1n) is 8.85. The molecule has 0 spiro atoms. The Morgan fingerprint density at radius 1 is 1.27 bits per heavy atom. The first-order valence-corrected chi connectivity index (χ1v) is 8.85. The van der Waals surface area contributed by atoms with Crippen LogP contribution >= 0.6 is 0 Å². The van der Waals surface area contributed by atoms with E-state index in [0.717, 1.165) is 30.6 Å². The Hall–Kier alpha value is -2.83. The van der Waals surface area contributed by atoms with Gasteiger partial charge >= 0.3 is 12.0 Å². The van der Waals surface area contributed by atoms with E-state index in [4.69, 9.17) is 5.11 Å². The molecule has 0 bridgehead atoms. The van der Waals surface area contributed by atoms with Crippen LogP contribution in [-0.2, 0) is 17.9 Å². The van der Waals surface area contributed by atoms with Gasteiger partial charge in [0.05, 0.1) is 5.69 Å². The molecule has 7 nitrogen and oxygen atoms in total. The van der Waals surface area contributed by atoms with Crippen LogP contribution in [0.25, 0.3) is 0 Å². The lowest BCUT2D eigenvalue weighted by Gasteiger charge is -2.32. The number of carboxylic acid groups (broad SMARTS) is 1. The molecule has 0 radical (unpaired) electrons. The van der Waals surface area contributed by atoms with Gasteiger partial charge in [-0.1, -0.05) is 29.8 Å². The van der Waals surface area contributed by atoms with Crippen molar-refractivity contribution in [1.29, 1.82) is 0 Å². The summed E-state index contributed by atoms with van der Waals surface area (Å²) < 4.78 is 1.42. The van der Waals surface area contributed by atoms with E-state index in [0.29, 0.717) is 13.1 Å². The Labute approximate surface area is 152 Å². The topological polar surface area (TPSA) is 87.5 Å². The number of carbonyl (C=O) groups is 2. The maximum absolute atomic E-state index is 12.5. The van der Waals surface area contributed by atoms with Gasteiger partial charge in [-0.05, 0) is 31.4 Å². The van der Waals surface area contributed by atoms with Crippen molar-refractivity contribution in [3.05, 3.63) is 53.3 Å². The van der Waals surface area contributed by atoms with Crippen LogP contribution in [0.5, 0.6) is 0 Å². The van der Waals surface area contributed by atoms with Crippen molar-refractivity contribution in [2.24, 2.45) is 0 Å². The number of aliphatic carboxylic acids is 1. The second-order valence-electron chi connectivity index (χ2n) is 6.76. The summed E-state index contributed by atoms with van der Waals surface area (Å²) >= 11 is 0. The Kier molecular flexibility index (Phi) is 5.55. The standard InChI is InChI=1S/C19H24N4O3/c1-14-4-6-15(7-5-14)11-20-19(26)22-9-2-3-16(12-22)17-8-10-23(21-17)13-18(24)25/h4-8,10,16H,2-3,9,11-13H2,1H3,(H,20,26)(H,24,25). The molecular formula is C19H24N4O3. The largest absolute Gasteiger partial charge is 0.480 e. The fourth-order valence-corrected chi connectivity index (χ4v) is 3.22. The number of nitrogens with zero attached hydrogens (tertiary/aromatic N) is 3. The molecule has 1 fully saturated rings. The number of aromatic nitrogens is 2. The van der Waals surface area contributed by atoms with E-state index in [-0.39, 0.29) is 18.5 Å². The zero-order valence-electron chi connectivity index (χ0n) is 14.9. The quantitative estimate of drug-likeness (QED) is 0.861. The van der Waals surface area contributed by atoms with Gasteiger partial charge in [0.2, 0.25) is 0 Å². The summed E-state index contributed by atoms with van der Waals surface area (Å²) in [6.45, 7) is 3.73. The summed E-state index contributed by atoms with van der Waals surface area (Å²) in [6, 6.07) is 9.88. The highest BCUT2D eigenvalue weighted by Crippen LogP contribution is 2.25. The van der Waals surface area contributed by atoms with Crippen LogP contribution in [0.2, 0.25) is 0 Å². The molecule has 1 atom stereocenters. The molecule has 138 valence electrons. The number of amides is 2. The zero-order chi connectivity index (χ0) is 18.5. The third kappa shape index (κ3) is 4.62. The summed E-state index contributed by atoms with van der Waals surface area (Å²) in [6.07, 6.45) is 3.54. The summed E-state index contributed by atoms with van der Waals surface area (Å²) in [5, 5.41) is 16.2. The van der Waals surface area contributed by atoms with E-state index in [2.05, 4.69) is 10.4 Å². The summed E-state index contributed by atoms with van der Waals surface area (Å²) in [7, 11) is 0. The minimum Gasteiger partial charge on any atom is -0.480 e. The molecule has 26 heavy (non-hydrogen) atoms. The van der Waals surface area contributed by atoms with Gasteiger partial charge < -0.3 is 15.3 Å². The highest BCUT2D eigenvalue weighted by atomic mass is 16.4. The maximum Gasteiger partial charge on any atom is 0.325 e. The van der Waals surface area contributed by atoms with Crippen LogP contribution in [0, 0.1) is 6.92 Å². The third-order valence-corrected chi connectivity index (χ3v) is 4.65. The SMILES string of the molecule is Cc1ccc(CNC(=O)N2CCCC(c3ccn(CC(=O)O)n3)C2)cc1. The molecule has 1 aromatic heterocycles. The molecule has 3 rings (SSSR count). The summed E-state index contributed by atoms with van der Waals surface area (Å²) in [5.74, 6) is -0.774. The molecule has 7 heteroatoms. The molecule has 2 aromatic rings. The monoisotopic (exact) mass is 356 g/mol. The number of hydrogen-bond acceptors (Lipinski definition) is 3. The van der Waals surface area contributed by atoms with E-state index < -0.39 is 5.97 Å². The summed E-state index contributed by atoms with van der Waals surface area (Å²) in [4.78, 5) is 25.1. The number of piperidine rings is 1. The highest BCUT2D eigenvalue weighted by molar-refractivity contribution is 5.74. The number of benzene rings is 1. The molecule has 2 amide bonds. The van der Waals surface area contributed by atoms with E-state index >= 15 is 0 Å². The second kappa shape index (κ2) is 8.03. The number of carboxylic acids is 1. The molecule has 0 aliphatic carbocycles. The van der Waals surface area contributed by atoms with Crippen molar-refractivity contribution in [2.45, 2.75) is 38.8 Å². The zero-order valence-corrected chi connectivity index (χ0v) is 14.9. The molecule has 1 aliphatic heterocycles. The van der Waals surface area contributed by atoms with Gasteiger partial charge in [-0.25, -0.2) is 4.79 Å². The van der Waals surface area contributed by atoms with Crippen molar-refractivity contribution in [1.82, 2.24) is 20.0 Å². The van der Waals surface area contributed by atoms with Crippen molar-refractivity contribution in [3.8, 4) is 0 Å². The lowest BCUT2D eigenvalue weighted by atomic mass is 9.95. The van der Waals surface area contributed by atoms with Crippen LogP contribution in [-0.4, -0.2) is 44.9 Å². The van der Waals surface area contributed by atoms with Crippen molar-refractivity contribution in [3.63, 3.8) is 0 Å². The van der Waals surface area contributed by atoms with E-state index in [1.807, 2.05) is 42.2 Å². The normalized spacial score (nSPS) is 17.1. The lowest BCUT2D eigenvalue weighted by molar-refractivity contribution is -0.137. The van der Waals surface area contributed by atoms with Crippen LogP contribution in [0.4, 0.5) is 4.79 Å². The molecule has 2 heterocycles. The fraction of sp³-hybridized carbons (Fsp3) is 0.421. The van der Waals surface area contributed by atoms with Crippen molar-refractivity contribution in [2.75, 3.05) is 13.1 Å². The van der Waals surface area contributed by atoms with Crippen LogP contribution in [0.3, 0.4) is 0 Å². The van der Waals surface area contributed by atoms with Gasteiger partial charge in [-0.2, -0.15) is 5.10 Å². The van der Waals surface area contributed by atoms with Gasteiger partial charge in [0, 0.05) is 31.7 Å². The number of urea groups is 1. The van der Waals surface area contributed by atoms with Crippen LogP contribution < -0.4 is 5.32 Å².